The lowest BCUT2D eigenvalue weighted by molar-refractivity contribution is -0.113. The summed E-state index contributed by atoms with van der Waals surface area (Å²) in [6, 6.07) is 0. The van der Waals surface area contributed by atoms with Gasteiger partial charge in [-0.25, -0.2) is 0 Å². The SMILES string of the molecule is CCCCCCCCCCCCCCCCCCNC[C@H](O)[C@@H](O)[C@H](O)[C@H](O)CO. The Morgan fingerprint density at radius 2 is 0.900 bits per heavy atom. The maximum Gasteiger partial charge on any atom is 0.111 e. The fraction of sp³-hybridized carbons (Fsp3) is 1.00. The van der Waals surface area contributed by atoms with Crippen LogP contribution in [0.4, 0.5) is 0 Å². The maximum atomic E-state index is 9.80. The zero-order valence-corrected chi connectivity index (χ0v) is 19.5. The molecule has 6 heteroatoms. The van der Waals surface area contributed by atoms with Crippen LogP contribution in [-0.2, 0) is 0 Å². The quantitative estimate of drug-likeness (QED) is 0.138. The van der Waals surface area contributed by atoms with Crippen LogP contribution in [0.2, 0.25) is 0 Å². The monoisotopic (exact) mass is 433 g/mol. The molecule has 0 amide bonds. The third-order valence-corrected chi connectivity index (χ3v) is 5.89. The molecular formula is C24H51NO5. The summed E-state index contributed by atoms with van der Waals surface area (Å²) in [5.74, 6) is 0. The van der Waals surface area contributed by atoms with Crippen molar-refractivity contribution in [2.24, 2.45) is 0 Å². The van der Waals surface area contributed by atoms with Crippen molar-refractivity contribution in [2.75, 3.05) is 19.7 Å². The molecule has 0 spiro atoms. The van der Waals surface area contributed by atoms with Crippen molar-refractivity contribution in [1.82, 2.24) is 5.32 Å². The molecule has 182 valence electrons. The average molecular weight is 434 g/mol. The second kappa shape index (κ2) is 22.0. The van der Waals surface area contributed by atoms with E-state index < -0.39 is 31.0 Å². The largest absolute Gasteiger partial charge is 0.394 e. The third kappa shape index (κ3) is 17.4. The Hall–Kier alpha value is -0.240. The average Bonchev–Trinajstić information content (AvgIpc) is 2.76. The highest BCUT2D eigenvalue weighted by atomic mass is 16.4. The first-order valence-electron chi connectivity index (χ1n) is 12.6. The van der Waals surface area contributed by atoms with Crippen molar-refractivity contribution >= 4 is 0 Å². The molecule has 4 atom stereocenters. The van der Waals surface area contributed by atoms with Gasteiger partial charge < -0.3 is 30.8 Å². The van der Waals surface area contributed by atoms with Crippen LogP contribution in [0.25, 0.3) is 0 Å². The fourth-order valence-corrected chi connectivity index (χ4v) is 3.73. The molecule has 0 rings (SSSR count). The van der Waals surface area contributed by atoms with E-state index in [9.17, 15) is 20.4 Å². The topological polar surface area (TPSA) is 113 Å². The minimum atomic E-state index is -1.55. The van der Waals surface area contributed by atoms with E-state index in [1.54, 1.807) is 0 Å². The van der Waals surface area contributed by atoms with Gasteiger partial charge in [0.15, 0.2) is 0 Å². The fourth-order valence-electron chi connectivity index (χ4n) is 3.73. The number of hydrogen-bond acceptors (Lipinski definition) is 6. The third-order valence-electron chi connectivity index (χ3n) is 5.89. The molecule has 0 aromatic rings. The molecule has 6 nitrogen and oxygen atoms in total. The first-order valence-corrected chi connectivity index (χ1v) is 12.6. The molecule has 0 aliphatic heterocycles. The normalized spacial score (nSPS) is 15.8. The Labute approximate surface area is 185 Å². The molecule has 0 aliphatic rings. The van der Waals surface area contributed by atoms with Gasteiger partial charge in [0.25, 0.3) is 0 Å². The zero-order valence-electron chi connectivity index (χ0n) is 19.5. The van der Waals surface area contributed by atoms with Gasteiger partial charge in [0.05, 0.1) is 12.7 Å². The maximum absolute atomic E-state index is 9.80. The molecule has 0 saturated heterocycles. The van der Waals surface area contributed by atoms with Crippen LogP contribution in [0.1, 0.15) is 110 Å². The minimum absolute atomic E-state index is 0.148. The van der Waals surface area contributed by atoms with Crippen LogP contribution >= 0.6 is 0 Å². The number of hydrogen-bond donors (Lipinski definition) is 6. The number of aliphatic hydroxyl groups is 5. The summed E-state index contributed by atoms with van der Waals surface area (Å²) in [5, 5.41) is 50.2. The molecule has 0 bridgehead atoms. The van der Waals surface area contributed by atoms with Crippen molar-refractivity contribution in [2.45, 2.75) is 134 Å². The van der Waals surface area contributed by atoms with Gasteiger partial charge in [0, 0.05) is 6.54 Å². The van der Waals surface area contributed by atoms with Crippen LogP contribution < -0.4 is 5.32 Å². The molecule has 0 aliphatic carbocycles. The van der Waals surface area contributed by atoms with Crippen molar-refractivity contribution in [3.63, 3.8) is 0 Å². The van der Waals surface area contributed by atoms with Crippen LogP contribution in [0, 0.1) is 0 Å². The molecule has 6 N–H and O–H groups in total. The number of unbranched alkanes of at least 4 members (excludes halogenated alkanes) is 15. The number of aliphatic hydroxyl groups excluding tert-OH is 5. The molecule has 0 radical (unpaired) electrons. The van der Waals surface area contributed by atoms with E-state index in [0.29, 0.717) is 0 Å². The molecule has 0 aromatic carbocycles. The van der Waals surface area contributed by atoms with Crippen LogP contribution in [0.5, 0.6) is 0 Å². The predicted molar refractivity (Wildman–Crippen MR) is 124 cm³/mol. The van der Waals surface area contributed by atoms with Gasteiger partial charge in [-0.05, 0) is 13.0 Å². The van der Waals surface area contributed by atoms with Crippen LogP contribution in [-0.4, -0.2) is 69.6 Å². The van der Waals surface area contributed by atoms with E-state index in [4.69, 9.17) is 5.11 Å². The Balaban J connectivity index is 3.29. The Morgan fingerprint density at radius 3 is 1.30 bits per heavy atom. The molecule has 0 heterocycles. The van der Waals surface area contributed by atoms with E-state index in [2.05, 4.69) is 12.2 Å². The first-order chi connectivity index (χ1) is 14.5. The minimum Gasteiger partial charge on any atom is -0.394 e. The Bertz CT molecular complexity index is 346. The van der Waals surface area contributed by atoms with Gasteiger partial charge in [0.2, 0.25) is 0 Å². The van der Waals surface area contributed by atoms with Crippen molar-refractivity contribution in [3.8, 4) is 0 Å². The summed E-state index contributed by atoms with van der Waals surface area (Å²) in [7, 11) is 0. The van der Waals surface area contributed by atoms with E-state index in [1.165, 1.54) is 89.9 Å². The molecule has 30 heavy (non-hydrogen) atoms. The van der Waals surface area contributed by atoms with Gasteiger partial charge in [-0.15, -0.1) is 0 Å². The van der Waals surface area contributed by atoms with Crippen molar-refractivity contribution < 1.29 is 25.5 Å². The summed E-state index contributed by atoms with van der Waals surface area (Å²) < 4.78 is 0. The van der Waals surface area contributed by atoms with Gasteiger partial charge in [-0.1, -0.05) is 103 Å². The lowest BCUT2D eigenvalue weighted by Gasteiger charge is -2.25. The molecule has 0 aromatic heterocycles. The Kier molecular flexibility index (Phi) is 21.8. The highest BCUT2D eigenvalue weighted by molar-refractivity contribution is 4.81. The first kappa shape index (κ1) is 29.8. The second-order valence-electron chi connectivity index (χ2n) is 8.81. The van der Waals surface area contributed by atoms with Gasteiger partial charge >= 0.3 is 0 Å². The van der Waals surface area contributed by atoms with E-state index in [0.717, 1.165) is 19.4 Å². The van der Waals surface area contributed by atoms with E-state index in [-0.39, 0.29) is 6.54 Å². The highest BCUT2D eigenvalue weighted by Crippen LogP contribution is 2.13. The summed E-state index contributed by atoms with van der Waals surface area (Å²) in [6.07, 6.45) is 15.6. The lowest BCUT2D eigenvalue weighted by Crippen LogP contribution is -2.49. The molecule has 0 unspecified atom stereocenters. The number of nitrogens with one attached hydrogen (secondary N) is 1. The van der Waals surface area contributed by atoms with Crippen molar-refractivity contribution in [3.05, 3.63) is 0 Å². The summed E-state index contributed by atoms with van der Waals surface area (Å²) >= 11 is 0. The highest BCUT2D eigenvalue weighted by Gasteiger charge is 2.29. The molecular weight excluding hydrogens is 382 g/mol. The smallest absolute Gasteiger partial charge is 0.111 e. The lowest BCUT2D eigenvalue weighted by atomic mass is 10.0. The standard InChI is InChI=1S/C24H51NO5/c1-2-3-4-5-6-7-8-9-10-11-12-13-14-15-16-17-18-25-19-21(27)23(29)24(30)22(28)20-26/h21-30H,2-20H2,1H3/t21-,22+,23+,24+/m0/s1. The summed E-state index contributed by atoms with van der Waals surface area (Å²) in [5.41, 5.74) is 0. The van der Waals surface area contributed by atoms with Crippen molar-refractivity contribution in [1.29, 1.82) is 0 Å². The van der Waals surface area contributed by atoms with E-state index >= 15 is 0 Å². The van der Waals surface area contributed by atoms with E-state index in [1.807, 2.05) is 0 Å². The van der Waals surface area contributed by atoms with Gasteiger partial charge in [-0.3, -0.25) is 0 Å². The zero-order chi connectivity index (χ0) is 22.5. The molecule has 0 saturated carbocycles. The van der Waals surface area contributed by atoms with Gasteiger partial charge in [0.1, 0.15) is 18.3 Å². The van der Waals surface area contributed by atoms with Crippen LogP contribution in [0.15, 0.2) is 0 Å². The molecule has 0 fully saturated rings. The Morgan fingerprint density at radius 1 is 0.533 bits per heavy atom. The summed E-state index contributed by atoms with van der Waals surface area (Å²) in [6.45, 7) is 2.51. The predicted octanol–water partition coefficient (Wildman–Crippen LogP) is 3.27. The second-order valence-corrected chi connectivity index (χ2v) is 8.81. The van der Waals surface area contributed by atoms with Gasteiger partial charge in [-0.2, -0.15) is 0 Å². The number of rotatable bonds is 23. The summed E-state index contributed by atoms with van der Waals surface area (Å²) in [4.78, 5) is 0. The van der Waals surface area contributed by atoms with Crippen LogP contribution in [0.3, 0.4) is 0 Å².